The summed E-state index contributed by atoms with van der Waals surface area (Å²) in [5.74, 6) is 0. The molecule has 17 heavy (non-hydrogen) atoms. The molecule has 1 aromatic rings. The first-order valence-corrected chi connectivity index (χ1v) is 7.08. The fourth-order valence-electron chi connectivity index (χ4n) is 2.25. The Hall–Kier alpha value is -1.03. The van der Waals surface area contributed by atoms with Gasteiger partial charge in [-0.1, -0.05) is 6.92 Å². The number of aryl methyl sites for hydroxylation is 1. The van der Waals surface area contributed by atoms with Gasteiger partial charge in [0.2, 0.25) is 0 Å². The number of anilines is 1. The van der Waals surface area contributed by atoms with E-state index >= 15 is 0 Å². The predicted molar refractivity (Wildman–Crippen MR) is 72.8 cm³/mol. The first-order valence-electron chi connectivity index (χ1n) is 6.20. The van der Waals surface area contributed by atoms with E-state index in [0.29, 0.717) is 0 Å². The van der Waals surface area contributed by atoms with Crippen LogP contribution in [0.4, 0.5) is 9.80 Å². The number of urea groups is 1. The molecule has 0 radical (unpaired) electrons. The van der Waals surface area contributed by atoms with Gasteiger partial charge in [-0.15, -0.1) is 11.3 Å². The maximum atomic E-state index is 11.9. The molecule has 1 heterocycles. The zero-order chi connectivity index (χ0) is 12.5. The summed E-state index contributed by atoms with van der Waals surface area (Å²) in [6.07, 6.45) is 4.35. The van der Waals surface area contributed by atoms with Crippen LogP contribution in [0.5, 0.6) is 0 Å². The van der Waals surface area contributed by atoms with E-state index in [4.69, 9.17) is 0 Å². The van der Waals surface area contributed by atoms with Gasteiger partial charge in [-0.05, 0) is 56.0 Å². The lowest BCUT2D eigenvalue weighted by Gasteiger charge is -2.38. The number of hydrogen-bond donors (Lipinski definition) is 2. The third kappa shape index (κ3) is 2.63. The third-order valence-corrected chi connectivity index (χ3v) is 4.61. The molecule has 1 fully saturated rings. The van der Waals surface area contributed by atoms with E-state index in [-0.39, 0.29) is 11.6 Å². The molecule has 2 amide bonds. The van der Waals surface area contributed by atoms with Crippen LogP contribution in [0.15, 0.2) is 5.38 Å². The molecule has 2 rings (SSSR count). The molecule has 0 aliphatic heterocycles. The summed E-state index contributed by atoms with van der Waals surface area (Å²) in [4.78, 5) is 11.9. The van der Waals surface area contributed by atoms with Gasteiger partial charge in [-0.3, -0.25) is 5.32 Å². The van der Waals surface area contributed by atoms with Gasteiger partial charge in [0, 0.05) is 5.54 Å². The molecule has 0 aromatic carbocycles. The number of hydrogen-bond acceptors (Lipinski definition) is 2. The molecule has 0 spiro atoms. The van der Waals surface area contributed by atoms with E-state index in [2.05, 4.69) is 36.8 Å². The van der Waals surface area contributed by atoms with Crippen molar-refractivity contribution in [3.05, 3.63) is 16.5 Å². The second-order valence-corrected chi connectivity index (χ2v) is 5.95. The zero-order valence-corrected chi connectivity index (χ0v) is 11.5. The lowest BCUT2D eigenvalue weighted by Crippen LogP contribution is -2.52. The van der Waals surface area contributed by atoms with Crippen molar-refractivity contribution < 1.29 is 4.79 Å². The predicted octanol–water partition coefficient (Wildman–Crippen LogP) is 3.68. The molecule has 2 N–H and O–H groups in total. The van der Waals surface area contributed by atoms with Crippen molar-refractivity contribution in [2.75, 3.05) is 5.32 Å². The van der Waals surface area contributed by atoms with Crippen LogP contribution >= 0.6 is 11.3 Å². The smallest absolute Gasteiger partial charge is 0.320 e. The highest BCUT2D eigenvalue weighted by atomic mass is 32.1. The summed E-state index contributed by atoms with van der Waals surface area (Å²) in [6.45, 7) is 6.31. The Bertz CT molecular complexity index is 421. The van der Waals surface area contributed by atoms with Gasteiger partial charge >= 0.3 is 6.03 Å². The summed E-state index contributed by atoms with van der Waals surface area (Å²) in [5.41, 5.74) is 2.54. The van der Waals surface area contributed by atoms with Crippen LogP contribution in [0.25, 0.3) is 0 Å². The SMILES string of the molecule is CCc1c(C)csc1NC(=O)NC1(C)CCC1. The second-order valence-electron chi connectivity index (χ2n) is 5.07. The van der Waals surface area contributed by atoms with Gasteiger partial charge in [0.1, 0.15) is 0 Å². The van der Waals surface area contributed by atoms with Crippen molar-refractivity contribution in [3.8, 4) is 0 Å². The minimum absolute atomic E-state index is 0.0166. The van der Waals surface area contributed by atoms with Gasteiger partial charge in [0.25, 0.3) is 0 Å². The lowest BCUT2D eigenvalue weighted by molar-refractivity contribution is 0.200. The number of nitrogens with one attached hydrogen (secondary N) is 2. The van der Waals surface area contributed by atoms with Crippen molar-refractivity contribution in [2.24, 2.45) is 0 Å². The zero-order valence-electron chi connectivity index (χ0n) is 10.7. The molecule has 1 aromatic heterocycles. The largest absolute Gasteiger partial charge is 0.333 e. The summed E-state index contributed by atoms with van der Waals surface area (Å²) in [6, 6.07) is -0.0660. The molecule has 94 valence electrons. The van der Waals surface area contributed by atoms with E-state index in [1.54, 1.807) is 11.3 Å². The Morgan fingerprint density at radius 3 is 2.76 bits per heavy atom. The van der Waals surface area contributed by atoms with Gasteiger partial charge in [0.05, 0.1) is 5.00 Å². The lowest BCUT2D eigenvalue weighted by atomic mass is 9.79. The van der Waals surface area contributed by atoms with E-state index in [1.165, 1.54) is 17.5 Å². The van der Waals surface area contributed by atoms with Gasteiger partial charge < -0.3 is 5.32 Å². The Kier molecular flexibility index (Phi) is 3.43. The van der Waals surface area contributed by atoms with Gasteiger partial charge in [-0.2, -0.15) is 0 Å². The molecular weight excluding hydrogens is 232 g/mol. The minimum atomic E-state index is -0.0660. The highest BCUT2D eigenvalue weighted by molar-refractivity contribution is 7.14. The molecule has 0 saturated heterocycles. The molecule has 1 aliphatic rings. The maximum Gasteiger partial charge on any atom is 0.320 e. The molecule has 1 saturated carbocycles. The normalized spacial score (nSPS) is 17.4. The van der Waals surface area contributed by atoms with Crippen molar-refractivity contribution in [1.29, 1.82) is 0 Å². The monoisotopic (exact) mass is 252 g/mol. The van der Waals surface area contributed by atoms with E-state index < -0.39 is 0 Å². The number of carbonyl (C=O) groups is 1. The van der Waals surface area contributed by atoms with Gasteiger partial charge in [0.15, 0.2) is 0 Å². The van der Waals surface area contributed by atoms with Crippen LogP contribution in [0.3, 0.4) is 0 Å². The van der Waals surface area contributed by atoms with Crippen LogP contribution < -0.4 is 10.6 Å². The van der Waals surface area contributed by atoms with Crippen LogP contribution in [-0.4, -0.2) is 11.6 Å². The number of thiophene rings is 1. The molecule has 0 atom stereocenters. The van der Waals surface area contributed by atoms with Crippen molar-refractivity contribution in [3.63, 3.8) is 0 Å². The quantitative estimate of drug-likeness (QED) is 0.846. The third-order valence-electron chi connectivity index (χ3n) is 3.56. The summed E-state index contributed by atoms with van der Waals surface area (Å²) in [5, 5.41) is 9.12. The number of carbonyl (C=O) groups excluding carboxylic acids is 1. The fraction of sp³-hybridized carbons (Fsp3) is 0.615. The van der Waals surface area contributed by atoms with E-state index in [0.717, 1.165) is 24.3 Å². The summed E-state index contributed by atoms with van der Waals surface area (Å²) >= 11 is 1.61. The Morgan fingerprint density at radius 1 is 1.53 bits per heavy atom. The standard InChI is InChI=1S/C13H20N2OS/c1-4-10-9(2)8-17-11(10)14-12(16)15-13(3)6-5-7-13/h8H,4-7H2,1-3H3,(H2,14,15,16). The Balaban J connectivity index is 1.98. The van der Waals surface area contributed by atoms with Crippen LogP contribution in [-0.2, 0) is 6.42 Å². The molecule has 0 bridgehead atoms. The first-order chi connectivity index (χ1) is 8.04. The molecule has 0 unspecified atom stereocenters. The van der Waals surface area contributed by atoms with E-state index in [1.807, 2.05) is 0 Å². The average Bonchev–Trinajstić information content (AvgIpc) is 2.56. The molecule has 1 aliphatic carbocycles. The highest BCUT2D eigenvalue weighted by Gasteiger charge is 2.33. The van der Waals surface area contributed by atoms with Crippen molar-refractivity contribution in [2.45, 2.75) is 52.0 Å². The molecular formula is C13H20N2OS. The van der Waals surface area contributed by atoms with Crippen LogP contribution in [0.1, 0.15) is 44.2 Å². The van der Waals surface area contributed by atoms with Crippen LogP contribution in [0, 0.1) is 6.92 Å². The Morgan fingerprint density at radius 2 is 2.24 bits per heavy atom. The fourth-order valence-corrected chi connectivity index (χ4v) is 3.29. The summed E-state index contributed by atoms with van der Waals surface area (Å²) in [7, 11) is 0. The highest BCUT2D eigenvalue weighted by Crippen LogP contribution is 2.32. The minimum Gasteiger partial charge on any atom is -0.333 e. The number of amides is 2. The van der Waals surface area contributed by atoms with E-state index in [9.17, 15) is 4.79 Å². The number of rotatable bonds is 3. The molecule has 4 heteroatoms. The summed E-state index contributed by atoms with van der Waals surface area (Å²) < 4.78 is 0. The van der Waals surface area contributed by atoms with Crippen LogP contribution in [0.2, 0.25) is 0 Å². The maximum absolute atomic E-state index is 11.9. The second kappa shape index (κ2) is 4.69. The van der Waals surface area contributed by atoms with Crippen molar-refractivity contribution >= 4 is 22.4 Å². The average molecular weight is 252 g/mol. The topological polar surface area (TPSA) is 41.1 Å². The first kappa shape index (κ1) is 12.4. The van der Waals surface area contributed by atoms with Gasteiger partial charge in [-0.25, -0.2) is 4.79 Å². The molecule has 3 nitrogen and oxygen atoms in total. The Labute approximate surface area is 107 Å². The van der Waals surface area contributed by atoms with Crippen molar-refractivity contribution in [1.82, 2.24) is 5.32 Å².